The van der Waals surface area contributed by atoms with Crippen molar-refractivity contribution in [1.29, 1.82) is 5.26 Å². The van der Waals surface area contributed by atoms with E-state index in [1.165, 1.54) is 11.3 Å². The molecule has 0 aliphatic heterocycles. The van der Waals surface area contributed by atoms with Crippen molar-refractivity contribution in [3.05, 3.63) is 58.6 Å². The van der Waals surface area contributed by atoms with Crippen molar-refractivity contribution in [2.24, 2.45) is 0 Å². The third-order valence-electron chi connectivity index (χ3n) is 3.10. The second-order valence-corrected chi connectivity index (χ2v) is 5.52. The second-order valence-electron chi connectivity index (χ2n) is 4.66. The zero-order valence-electron chi connectivity index (χ0n) is 12.5. The number of rotatable bonds is 5. The number of furan rings is 1. The number of hydrogen-bond donors (Lipinski definition) is 0. The molecule has 2 heterocycles. The van der Waals surface area contributed by atoms with E-state index in [0.717, 1.165) is 11.3 Å². The summed E-state index contributed by atoms with van der Waals surface area (Å²) in [5, 5.41) is 12.0. The van der Waals surface area contributed by atoms with Crippen LogP contribution in [0.25, 0.3) is 22.9 Å². The molecule has 5 heteroatoms. The average Bonchev–Trinajstić information content (AvgIpc) is 3.23. The molecule has 3 rings (SSSR count). The maximum Gasteiger partial charge on any atom is 0.284 e. The van der Waals surface area contributed by atoms with Crippen LogP contribution in [0.3, 0.4) is 0 Å². The molecular weight excluding hydrogens is 308 g/mol. The summed E-state index contributed by atoms with van der Waals surface area (Å²) in [4.78, 5) is 4.55. The summed E-state index contributed by atoms with van der Waals surface area (Å²) in [6.07, 6.45) is 1.68. The predicted octanol–water partition coefficient (Wildman–Crippen LogP) is 4.87. The molecule has 114 valence electrons. The SMILES string of the molecule is CCOc1ccc(/C=C(/C#N)c2nc(-c3ccccc3)cs2)o1. The molecule has 0 bridgehead atoms. The Morgan fingerprint density at radius 1 is 1.30 bits per heavy atom. The minimum atomic E-state index is 0.445. The van der Waals surface area contributed by atoms with E-state index in [0.29, 0.717) is 28.9 Å². The fraction of sp³-hybridized carbons (Fsp3) is 0.111. The van der Waals surface area contributed by atoms with E-state index in [1.54, 1.807) is 18.2 Å². The maximum atomic E-state index is 9.41. The number of thiazole rings is 1. The molecule has 0 aliphatic rings. The van der Waals surface area contributed by atoms with Crippen LogP contribution in [-0.4, -0.2) is 11.6 Å². The van der Waals surface area contributed by atoms with Gasteiger partial charge in [0.1, 0.15) is 16.8 Å². The molecule has 0 N–H and O–H groups in total. The van der Waals surface area contributed by atoms with Crippen molar-refractivity contribution in [2.45, 2.75) is 6.92 Å². The van der Waals surface area contributed by atoms with Crippen LogP contribution in [0.5, 0.6) is 5.95 Å². The molecule has 1 aromatic carbocycles. The fourth-order valence-corrected chi connectivity index (χ4v) is 2.85. The molecule has 0 unspecified atom stereocenters. The summed E-state index contributed by atoms with van der Waals surface area (Å²) < 4.78 is 10.8. The lowest BCUT2D eigenvalue weighted by atomic mass is 10.2. The molecule has 0 aliphatic carbocycles. The molecule has 0 atom stereocenters. The number of ether oxygens (including phenoxy) is 1. The molecule has 4 nitrogen and oxygen atoms in total. The fourth-order valence-electron chi connectivity index (χ4n) is 2.05. The van der Waals surface area contributed by atoms with Crippen LogP contribution >= 0.6 is 11.3 Å². The standard InChI is InChI=1S/C18H14N2O2S/c1-2-21-17-9-8-15(22-17)10-14(11-19)18-20-16(12-23-18)13-6-4-3-5-7-13/h3-10,12H,2H2,1H3/b14-10-. The van der Waals surface area contributed by atoms with Crippen LogP contribution in [0.1, 0.15) is 17.7 Å². The Balaban J connectivity index is 1.88. The van der Waals surface area contributed by atoms with Crippen LogP contribution in [0, 0.1) is 11.3 Å². The summed E-state index contributed by atoms with van der Waals surface area (Å²) in [6.45, 7) is 2.42. The molecule has 2 aromatic heterocycles. The summed E-state index contributed by atoms with van der Waals surface area (Å²) >= 11 is 1.44. The van der Waals surface area contributed by atoms with E-state index in [-0.39, 0.29) is 0 Å². The van der Waals surface area contributed by atoms with Gasteiger partial charge in [0.25, 0.3) is 5.95 Å². The maximum absolute atomic E-state index is 9.41. The number of allylic oxidation sites excluding steroid dienone is 1. The number of benzene rings is 1. The van der Waals surface area contributed by atoms with Crippen molar-refractivity contribution in [2.75, 3.05) is 6.61 Å². The topological polar surface area (TPSA) is 59.0 Å². The molecule has 3 aromatic rings. The number of nitrogens with zero attached hydrogens (tertiary/aromatic N) is 2. The van der Waals surface area contributed by atoms with Gasteiger partial charge in [0.15, 0.2) is 0 Å². The van der Waals surface area contributed by atoms with Gasteiger partial charge in [0.05, 0.1) is 17.9 Å². The highest BCUT2D eigenvalue weighted by Crippen LogP contribution is 2.28. The van der Waals surface area contributed by atoms with E-state index >= 15 is 0 Å². The van der Waals surface area contributed by atoms with Gasteiger partial charge in [-0.3, -0.25) is 0 Å². The van der Waals surface area contributed by atoms with Gasteiger partial charge in [-0.2, -0.15) is 5.26 Å². The van der Waals surface area contributed by atoms with Crippen LogP contribution in [0.2, 0.25) is 0 Å². The van der Waals surface area contributed by atoms with Gasteiger partial charge >= 0.3 is 0 Å². The van der Waals surface area contributed by atoms with Crippen LogP contribution in [0.4, 0.5) is 0 Å². The average molecular weight is 322 g/mol. The largest absolute Gasteiger partial charge is 0.465 e. The first-order valence-electron chi connectivity index (χ1n) is 7.16. The Hall–Kier alpha value is -2.84. The number of hydrogen-bond acceptors (Lipinski definition) is 5. The highest BCUT2D eigenvalue weighted by atomic mass is 32.1. The van der Waals surface area contributed by atoms with Crippen LogP contribution in [-0.2, 0) is 0 Å². The van der Waals surface area contributed by atoms with Crippen molar-refractivity contribution in [1.82, 2.24) is 4.98 Å². The summed E-state index contributed by atoms with van der Waals surface area (Å²) in [7, 11) is 0. The molecule has 0 saturated heterocycles. The van der Waals surface area contributed by atoms with Crippen molar-refractivity contribution in [3.8, 4) is 23.3 Å². The first kappa shape index (κ1) is 15.1. The molecule has 0 radical (unpaired) electrons. The molecule has 23 heavy (non-hydrogen) atoms. The number of nitriles is 1. The Morgan fingerprint density at radius 2 is 2.13 bits per heavy atom. The van der Waals surface area contributed by atoms with Crippen molar-refractivity contribution in [3.63, 3.8) is 0 Å². The van der Waals surface area contributed by atoms with Crippen molar-refractivity contribution < 1.29 is 9.15 Å². The van der Waals surface area contributed by atoms with E-state index in [1.807, 2.05) is 42.6 Å². The third-order valence-corrected chi connectivity index (χ3v) is 3.98. The van der Waals surface area contributed by atoms with Gasteiger partial charge in [-0.15, -0.1) is 11.3 Å². The third kappa shape index (κ3) is 3.50. The first-order valence-corrected chi connectivity index (χ1v) is 8.04. The van der Waals surface area contributed by atoms with E-state index in [2.05, 4.69) is 11.1 Å². The molecular formula is C18H14N2O2S. The van der Waals surface area contributed by atoms with Gasteiger partial charge in [0.2, 0.25) is 0 Å². The minimum absolute atomic E-state index is 0.445. The van der Waals surface area contributed by atoms with Gasteiger partial charge in [-0.1, -0.05) is 30.3 Å². The van der Waals surface area contributed by atoms with E-state index in [4.69, 9.17) is 9.15 Å². The molecule has 0 spiro atoms. The lowest BCUT2D eigenvalue weighted by Crippen LogP contribution is -1.87. The summed E-state index contributed by atoms with van der Waals surface area (Å²) in [5.74, 6) is 1.02. The van der Waals surface area contributed by atoms with Gasteiger partial charge in [-0.25, -0.2) is 4.98 Å². The monoisotopic (exact) mass is 322 g/mol. The van der Waals surface area contributed by atoms with E-state index < -0.39 is 0 Å². The molecule has 0 amide bonds. The lowest BCUT2D eigenvalue weighted by Gasteiger charge is -1.96. The van der Waals surface area contributed by atoms with Crippen molar-refractivity contribution >= 4 is 23.0 Å². The Bertz CT molecular complexity index is 857. The Morgan fingerprint density at radius 3 is 2.87 bits per heavy atom. The first-order chi connectivity index (χ1) is 11.3. The van der Waals surface area contributed by atoms with Gasteiger partial charge < -0.3 is 9.15 Å². The minimum Gasteiger partial charge on any atom is -0.465 e. The summed E-state index contributed by atoms with van der Waals surface area (Å²) in [5.41, 5.74) is 2.36. The highest BCUT2D eigenvalue weighted by Gasteiger charge is 2.10. The number of aromatic nitrogens is 1. The van der Waals surface area contributed by atoms with Gasteiger partial charge in [0, 0.05) is 23.1 Å². The zero-order chi connectivity index (χ0) is 16.1. The lowest BCUT2D eigenvalue weighted by molar-refractivity contribution is 0.256. The summed E-state index contributed by atoms with van der Waals surface area (Å²) in [6, 6.07) is 15.6. The highest BCUT2D eigenvalue weighted by molar-refractivity contribution is 7.11. The Kier molecular flexibility index (Phi) is 4.55. The normalized spacial score (nSPS) is 11.2. The molecule has 0 saturated carbocycles. The smallest absolute Gasteiger partial charge is 0.284 e. The van der Waals surface area contributed by atoms with E-state index in [9.17, 15) is 5.26 Å². The van der Waals surface area contributed by atoms with Crippen LogP contribution in [0.15, 0.2) is 52.3 Å². The quantitative estimate of drug-likeness (QED) is 0.629. The molecule has 0 fully saturated rings. The Labute approximate surface area is 138 Å². The second kappa shape index (κ2) is 6.95. The predicted molar refractivity (Wildman–Crippen MR) is 90.9 cm³/mol. The zero-order valence-corrected chi connectivity index (χ0v) is 13.3. The van der Waals surface area contributed by atoms with Crippen LogP contribution < -0.4 is 4.74 Å². The van der Waals surface area contributed by atoms with Gasteiger partial charge in [-0.05, 0) is 13.0 Å².